The topological polar surface area (TPSA) is 15.3 Å². The van der Waals surface area contributed by atoms with Gasteiger partial charge in [-0.15, -0.1) is 6.58 Å². The summed E-state index contributed by atoms with van der Waals surface area (Å²) in [5.74, 6) is 0.885. The Kier molecular flexibility index (Phi) is 6.25. The molecule has 2 saturated carbocycles. The molecule has 0 atom stereocenters. The number of hydrogen-bond acceptors (Lipinski definition) is 2. The molecule has 0 bridgehead atoms. The number of rotatable bonds is 8. The van der Waals surface area contributed by atoms with Gasteiger partial charge in [0.25, 0.3) is 0 Å². The second-order valence-electron chi connectivity index (χ2n) is 8.27. The number of hydrogen-bond donors (Lipinski definition) is 1. The van der Waals surface area contributed by atoms with E-state index in [1.807, 2.05) is 0 Å². The minimum absolute atomic E-state index is 0.135. The van der Waals surface area contributed by atoms with Gasteiger partial charge in [0.15, 0.2) is 0 Å². The first-order chi connectivity index (χ1) is 12.0. The largest absolute Gasteiger partial charge is 0.312 e. The average Bonchev–Trinajstić information content (AvgIpc) is 3.40. The molecule has 138 valence electrons. The summed E-state index contributed by atoms with van der Waals surface area (Å²) in [6.07, 6.45) is 9.75. The minimum Gasteiger partial charge on any atom is -0.312 e. The Morgan fingerprint density at radius 1 is 1.20 bits per heavy atom. The first-order valence-electron chi connectivity index (χ1n) is 9.91. The predicted molar refractivity (Wildman–Crippen MR) is 108 cm³/mol. The molecule has 0 radical (unpaired) electrons. The first-order valence-corrected chi connectivity index (χ1v) is 10.3. The van der Waals surface area contributed by atoms with Gasteiger partial charge >= 0.3 is 0 Å². The number of nitrogens with one attached hydrogen (secondary N) is 1. The lowest BCUT2D eigenvalue weighted by molar-refractivity contribution is 0.0432. The van der Waals surface area contributed by atoms with Crippen LogP contribution in [0.4, 0.5) is 0 Å². The number of halogens is 1. The molecule has 2 aliphatic carbocycles. The van der Waals surface area contributed by atoms with E-state index in [9.17, 15) is 0 Å². The molecule has 0 amide bonds. The van der Waals surface area contributed by atoms with Crippen molar-refractivity contribution in [2.24, 2.45) is 5.92 Å². The fourth-order valence-corrected chi connectivity index (χ4v) is 4.60. The van der Waals surface area contributed by atoms with Crippen LogP contribution >= 0.6 is 11.6 Å². The Bertz CT molecular complexity index is 554. The van der Waals surface area contributed by atoms with Crippen molar-refractivity contribution in [1.82, 2.24) is 10.2 Å². The third kappa shape index (κ3) is 4.67. The molecule has 25 heavy (non-hydrogen) atoms. The summed E-state index contributed by atoms with van der Waals surface area (Å²) in [6.45, 7) is 10.7. The highest BCUT2D eigenvalue weighted by Gasteiger charge is 2.43. The van der Waals surface area contributed by atoms with Gasteiger partial charge in [-0.2, -0.15) is 0 Å². The van der Waals surface area contributed by atoms with Gasteiger partial charge in [-0.25, -0.2) is 0 Å². The van der Waals surface area contributed by atoms with Crippen molar-refractivity contribution in [2.45, 2.75) is 70.0 Å². The van der Waals surface area contributed by atoms with Crippen molar-refractivity contribution in [2.75, 3.05) is 13.1 Å². The Morgan fingerprint density at radius 3 is 2.36 bits per heavy atom. The number of nitrogens with zero attached hydrogens (tertiary/aromatic N) is 1. The highest BCUT2D eigenvalue weighted by molar-refractivity contribution is 6.30. The summed E-state index contributed by atoms with van der Waals surface area (Å²) in [5, 5.41) is 4.57. The van der Waals surface area contributed by atoms with E-state index in [1.165, 1.54) is 50.6 Å². The molecule has 2 aliphatic rings. The lowest BCUT2D eigenvalue weighted by Crippen LogP contribution is -2.52. The van der Waals surface area contributed by atoms with E-state index in [4.69, 9.17) is 11.6 Å². The van der Waals surface area contributed by atoms with Crippen molar-refractivity contribution < 1.29 is 0 Å². The summed E-state index contributed by atoms with van der Waals surface area (Å²) in [6, 6.07) is 9.82. The van der Waals surface area contributed by atoms with Gasteiger partial charge in [0.05, 0.1) is 0 Å². The summed E-state index contributed by atoms with van der Waals surface area (Å²) in [7, 11) is 0. The molecule has 2 fully saturated rings. The van der Waals surface area contributed by atoms with E-state index in [-0.39, 0.29) is 5.54 Å². The monoisotopic (exact) mass is 360 g/mol. The van der Waals surface area contributed by atoms with Crippen molar-refractivity contribution in [3.63, 3.8) is 0 Å². The first kappa shape index (κ1) is 18.9. The fraction of sp³-hybridized carbons (Fsp3) is 0.636. The smallest absolute Gasteiger partial charge is 0.0465 e. The van der Waals surface area contributed by atoms with Crippen LogP contribution in [0.15, 0.2) is 36.9 Å². The standard InChI is InChI=1S/C22H33ClN2/c1-4-15-25(16-18-5-6-18)22(19-7-9-20(23)10-8-19)13-11-21(12-14-22)24-17(2)3/h4,7-10,17-18,21,24H,1,5-6,11-16H2,2-3H3. The molecule has 0 heterocycles. The Hall–Kier alpha value is -0.830. The van der Waals surface area contributed by atoms with Gasteiger partial charge in [-0.05, 0) is 62.1 Å². The SMILES string of the molecule is C=CCN(CC1CC1)C1(c2ccc(Cl)cc2)CCC(NC(C)C)CC1. The molecule has 3 rings (SSSR count). The van der Waals surface area contributed by atoms with E-state index < -0.39 is 0 Å². The van der Waals surface area contributed by atoms with E-state index in [0.717, 1.165) is 17.5 Å². The molecular formula is C22H33ClN2. The average molecular weight is 361 g/mol. The van der Waals surface area contributed by atoms with Crippen molar-refractivity contribution >= 4 is 11.6 Å². The van der Waals surface area contributed by atoms with Crippen molar-refractivity contribution in [1.29, 1.82) is 0 Å². The molecule has 1 aromatic carbocycles. The van der Waals surface area contributed by atoms with E-state index in [1.54, 1.807) is 0 Å². The van der Waals surface area contributed by atoms with Gasteiger partial charge < -0.3 is 5.32 Å². The summed E-state index contributed by atoms with van der Waals surface area (Å²) in [4.78, 5) is 2.71. The van der Waals surface area contributed by atoms with E-state index >= 15 is 0 Å². The van der Waals surface area contributed by atoms with E-state index in [0.29, 0.717) is 12.1 Å². The van der Waals surface area contributed by atoms with Gasteiger partial charge in [-0.1, -0.05) is 43.7 Å². The zero-order valence-electron chi connectivity index (χ0n) is 15.8. The van der Waals surface area contributed by atoms with Crippen LogP contribution < -0.4 is 5.32 Å². The third-order valence-corrected chi connectivity index (χ3v) is 6.15. The van der Waals surface area contributed by atoms with Crippen LogP contribution in [0.1, 0.15) is 57.9 Å². The van der Waals surface area contributed by atoms with Crippen LogP contribution in [-0.2, 0) is 5.54 Å². The zero-order valence-corrected chi connectivity index (χ0v) is 16.6. The molecule has 0 aliphatic heterocycles. The van der Waals surface area contributed by atoms with Gasteiger partial charge in [-0.3, -0.25) is 4.90 Å². The molecule has 1 aromatic rings. The molecule has 0 unspecified atom stereocenters. The molecule has 0 aromatic heterocycles. The number of benzene rings is 1. The van der Waals surface area contributed by atoms with Crippen molar-refractivity contribution in [3.8, 4) is 0 Å². The van der Waals surface area contributed by atoms with Crippen LogP contribution in [0.2, 0.25) is 5.02 Å². The summed E-state index contributed by atoms with van der Waals surface area (Å²) < 4.78 is 0. The van der Waals surface area contributed by atoms with Crippen LogP contribution in [0, 0.1) is 5.92 Å². The second-order valence-corrected chi connectivity index (χ2v) is 8.71. The predicted octanol–water partition coefficient (Wildman–Crippen LogP) is 5.37. The summed E-state index contributed by atoms with van der Waals surface area (Å²) >= 11 is 6.17. The quantitative estimate of drug-likeness (QED) is 0.626. The highest BCUT2D eigenvalue weighted by atomic mass is 35.5. The molecule has 3 heteroatoms. The minimum atomic E-state index is 0.135. The third-order valence-electron chi connectivity index (χ3n) is 5.89. The second kappa shape index (κ2) is 8.24. The van der Waals surface area contributed by atoms with Crippen molar-refractivity contribution in [3.05, 3.63) is 47.5 Å². The maximum atomic E-state index is 6.17. The molecule has 0 spiro atoms. The Morgan fingerprint density at radius 2 is 1.84 bits per heavy atom. The van der Waals surface area contributed by atoms with Crippen LogP contribution in [0.3, 0.4) is 0 Å². The Labute approximate surface area is 158 Å². The summed E-state index contributed by atoms with van der Waals surface area (Å²) in [5.41, 5.74) is 1.57. The van der Waals surface area contributed by atoms with Gasteiger partial charge in [0.1, 0.15) is 0 Å². The molecular weight excluding hydrogens is 328 g/mol. The molecule has 2 nitrogen and oxygen atoms in total. The normalized spacial score (nSPS) is 27.0. The molecule has 1 N–H and O–H groups in total. The fourth-order valence-electron chi connectivity index (χ4n) is 4.47. The lowest BCUT2D eigenvalue weighted by atomic mass is 9.73. The maximum absolute atomic E-state index is 6.17. The van der Waals surface area contributed by atoms with Crippen LogP contribution in [0.25, 0.3) is 0 Å². The molecule has 0 saturated heterocycles. The van der Waals surface area contributed by atoms with Crippen LogP contribution in [0.5, 0.6) is 0 Å². The van der Waals surface area contributed by atoms with Gasteiger partial charge in [0.2, 0.25) is 0 Å². The highest BCUT2D eigenvalue weighted by Crippen LogP contribution is 2.45. The lowest BCUT2D eigenvalue weighted by Gasteiger charge is -2.49. The van der Waals surface area contributed by atoms with E-state index in [2.05, 4.69) is 61.0 Å². The maximum Gasteiger partial charge on any atom is 0.0465 e. The zero-order chi connectivity index (χ0) is 17.9. The Balaban J connectivity index is 1.85. The van der Waals surface area contributed by atoms with Crippen LogP contribution in [-0.4, -0.2) is 30.1 Å². The van der Waals surface area contributed by atoms with Gasteiger partial charge in [0, 0.05) is 35.7 Å².